The third-order valence-corrected chi connectivity index (χ3v) is 3.91. The van der Waals surface area contributed by atoms with Gasteiger partial charge in [-0.05, 0) is 71.1 Å². The summed E-state index contributed by atoms with van der Waals surface area (Å²) < 4.78 is 0. The van der Waals surface area contributed by atoms with Gasteiger partial charge in [0.05, 0.1) is 0 Å². The average Bonchev–Trinajstić information content (AvgIpc) is 2.26. The Bertz CT molecular complexity index is 174. The summed E-state index contributed by atoms with van der Waals surface area (Å²) in [6.07, 6.45) is 5.47. The minimum Gasteiger partial charge on any atom is -0.317 e. The van der Waals surface area contributed by atoms with Gasteiger partial charge in [-0.15, -0.1) is 0 Å². The maximum absolute atomic E-state index is 3.44. The summed E-state index contributed by atoms with van der Waals surface area (Å²) in [5.74, 6) is 1.78. The van der Waals surface area contributed by atoms with Crippen LogP contribution in [0.5, 0.6) is 0 Å². The summed E-state index contributed by atoms with van der Waals surface area (Å²) in [7, 11) is 2.29. The first-order valence-electron chi connectivity index (χ1n) is 7.00. The molecule has 0 radical (unpaired) electrons. The Labute approximate surface area is 102 Å². The van der Waals surface area contributed by atoms with E-state index in [0.29, 0.717) is 0 Å². The summed E-state index contributed by atoms with van der Waals surface area (Å²) in [4.78, 5) is 2.54. The molecule has 1 aliphatic heterocycles. The van der Waals surface area contributed by atoms with Crippen molar-refractivity contribution in [3.63, 3.8) is 0 Å². The molecular formula is C14H30N2. The highest BCUT2D eigenvalue weighted by molar-refractivity contribution is 4.72. The van der Waals surface area contributed by atoms with Crippen molar-refractivity contribution in [2.75, 3.05) is 26.7 Å². The molecule has 0 aromatic heterocycles. The molecule has 0 amide bonds. The summed E-state index contributed by atoms with van der Waals surface area (Å²) in [6, 6.07) is 0.738. The zero-order valence-corrected chi connectivity index (χ0v) is 11.6. The lowest BCUT2D eigenvalue weighted by molar-refractivity contribution is 0.203. The molecule has 0 aromatic rings. The third kappa shape index (κ3) is 5.31. The molecule has 1 saturated heterocycles. The predicted molar refractivity (Wildman–Crippen MR) is 71.8 cm³/mol. The van der Waals surface area contributed by atoms with E-state index in [-0.39, 0.29) is 0 Å². The lowest BCUT2D eigenvalue weighted by atomic mass is 9.94. The zero-order valence-electron chi connectivity index (χ0n) is 11.6. The normalized spacial score (nSPS) is 20.6. The topological polar surface area (TPSA) is 15.3 Å². The number of rotatable bonds is 6. The maximum atomic E-state index is 3.44. The number of hydrogen-bond acceptors (Lipinski definition) is 2. The Morgan fingerprint density at radius 3 is 2.38 bits per heavy atom. The second-order valence-electron chi connectivity index (χ2n) is 5.94. The average molecular weight is 226 g/mol. The Hall–Kier alpha value is -0.0800. The monoisotopic (exact) mass is 226 g/mol. The van der Waals surface area contributed by atoms with Crippen molar-refractivity contribution in [1.29, 1.82) is 0 Å². The number of nitrogens with zero attached hydrogens (tertiary/aromatic N) is 1. The van der Waals surface area contributed by atoms with Crippen molar-refractivity contribution < 1.29 is 0 Å². The van der Waals surface area contributed by atoms with Gasteiger partial charge < -0.3 is 10.2 Å². The summed E-state index contributed by atoms with van der Waals surface area (Å²) in [6.45, 7) is 10.7. The van der Waals surface area contributed by atoms with Crippen molar-refractivity contribution in [2.24, 2.45) is 11.8 Å². The van der Waals surface area contributed by atoms with Crippen LogP contribution in [-0.2, 0) is 0 Å². The van der Waals surface area contributed by atoms with Crippen LogP contribution in [0.15, 0.2) is 0 Å². The molecule has 0 aromatic carbocycles. The highest BCUT2D eigenvalue weighted by Gasteiger charge is 2.16. The quantitative estimate of drug-likeness (QED) is 0.749. The minimum absolute atomic E-state index is 0.738. The van der Waals surface area contributed by atoms with Crippen LogP contribution in [0.25, 0.3) is 0 Å². The third-order valence-electron chi connectivity index (χ3n) is 3.91. The van der Waals surface area contributed by atoms with Crippen molar-refractivity contribution in [3.8, 4) is 0 Å². The van der Waals surface area contributed by atoms with Gasteiger partial charge in [-0.25, -0.2) is 0 Å². The minimum atomic E-state index is 0.738. The van der Waals surface area contributed by atoms with Gasteiger partial charge in [0.15, 0.2) is 0 Å². The zero-order chi connectivity index (χ0) is 12.0. The summed E-state index contributed by atoms with van der Waals surface area (Å²) in [5, 5.41) is 3.44. The van der Waals surface area contributed by atoms with Crippen LogP contribution >= 0.6 is 0 Å². The summed E-state index contributed by atoms with van der Waals surface area (Å²) in [5.41, 5.74) is 0. The molecule has 1 fully saturated rings. The van der Waals surface area contributed by atoms with Crippen LogP contribution in [0, 0.1) is 11.8 Å². The maximum Gasteiger partial charge on any atom is 0.00663 e. The van der Waals surface area contributed by atoms with Crippen LogP contribution in [-0.4, -0.2) is 37.6 Å². The molecule has 0 aliphatic carbocycles. The molecule has 16 heavy (non-hydrogen) atoms. The van der Waals surface area contributed by atoms with Gasteiger partial charge in [0.25, 0.3) is 0 Å². The standard InChI is InChI=1S/C14H30N2/c1-12(2)11-13(3)16(4)10-7-14-5-8-15-9-6-14/h12-15H,5-11H2,1-4H3. The van der Waals surface area contributed by atoms with E-state index in [2.05, 4.69) is 38.0 Å². The second-order valence-corrected chi connectivity index (χ2v) is 5.94. The van der Waals surface area contributed by atoms with Crippen LogP contribution < -0.4 is 5.32 Å². The van der Waals surface area contributed by atoms with Gasteiger partial charge in [0, 0.05) is 6.04 Å². The first kappa shape index (κ1) is 14.0. The van der Waals surface area contributed by atoms with Gasteiger partial charge in [0.2, 0.25) is 0 Å². The van der Waals surface area contributed by atoms with E-state index in [1.807, 2.05) is 0 Å². The van der Waals surface area contributed by atoms with Crippen molar-refractivity contribution >= 4 is 0 Å². The van der Waals surface area contributed by atoms with Crippen molar-refractivity contribution in [3.05, 3.63) is 0 Å². The number of nitrogens with one attached hydrogen (secondary N) is 1. The highest BCUT2D eigenvalue weighted by Crippen LogP contribution is 2.17. The van der Waals surface area contributed by atoms with Gasteiger partial charge in [-0.3, -0.25) is 0 Å². The van der Waals surface area contributed by atoms with Gasteiger partial charge in [-0.1, -0.05) is 13.8 Å². The van der Waals surface area contributed by atoms with E-state index in [1.54, 1.807) is 0 Å². The predicted octanol–water partition coefficient (Wildman–Crippen LogP) is 2.74. The highest BCUT2D eigenvalue weighted by atomic mass is 15.1. The number of piperidine rings is 1. The molecule has 2 nitrogen and oxygen atoms in total. The number of hydrogen-bond donors (Lipinski definition) is 1. The molecule has 1 aliphatic rings. The fourth-order valence-electron chi connectivity index (χ4n) is 2.64. The van der Waals surface area contributed by atoms with Crippen molar-refractivity contribution in [1.82, 2.24) is 10.2 Å². The van der Waals surface area contributed by atoms with Crippen molar-refractivity contribution in [2.45, 2.75) is 52.5 Å². The molecule has 1 N–H and O–H groups in total. The lowest BCUT2D eigenvalue weighted by Gasteiger charge is -2.29. The van der Waals surface area contributed by atoms with E-state index >= 15 is 0 Å². The van der Waals surface area contributed by atoms with E-state index in [1.165, 1.54) is 45.3 Å². The fourth-order valence-corrected chi connectivity index (χ4v) is 2.64. The molecule has 1 heterocycles. The first-order valence-corrected chi connectivity index (χ1v) is 7.00. The Morgan fingerprint density at radius 2 is 1.81 bits per heavy atom. The fraction of sp³-hybridized carbons (Fsp3) is 1.00. The Morgan fingerprint density at radius 1 is 1.19 bits per heavy atom. The van der Waals surface area contributed by atoms with Crippen LogP contribution in [0.1, 0.15) is 46.5 Å². The smallest absolute Gasteiger partial charge is 0.00663 e. The molecule has 0 bridgehead atoms. The van der Waals surface area contributed by atoms with E-state index in [9.17, 15) is 0 Å². The molecule has 1 unspecified atom stereocenters. The molecular weight excluding hydrogens is 196 g/mol. The van der Waals surface area contributed by atoms with E-state index < -0.39 is 0 Å². The largest absolute Gasteiger partial charge is 0.317 e. The molecule has 1 atom stereocenters. The SMILES string of the molecule is CC(C)CC(C)N(C)CCC1CCNCC1. The molecule has 0 saturated carbocycles. The van der Waals surface area contributed by atoms with E-state index in [4.69, 9.17) is 0 Å². The van der Waals surface area contributed by atoms with E-state index in [0.717, 1.165) is 17.9 Å². The van der Waals surface area contributed by atoms with Crippen LogP contribution in [0.3, 0.4) is 0 Å². The molecule has 2 heteroatoms. The molecule has 0 spiro atoms. The van der Waals surface area contributed by atoms with Gasteiger partial charge in [-0.2, -0.15) is 0 Å². The Balaban J connectivity index is 2.15. The second kappa shape index (κ2) is 7.29. The van der Waals surface area contributed by atoms with Crippen LogP contribution in [0.4, 0.5) is 0 Å². The Kier molecular flexibility index (Phi) is 6.37. The molecule has 1 rings (SSSR count). The summed E-state index contributed by atoms with van der Waals surface area (Å²) >= 11 is 0. The lowest BCUT2D eigenvalue weighted by Crippen LogP contribution is -2.34. The molecule has 96 valence electrons. The van der Waals surface area contributed by atoms with Gasteiger partial charge >= 0.3 is 0 Å². The van der Waals surface area contributed by atoms with Crippen LogP contribution in [0.2, 0.25) is 0 Å². The first-order chi connectivity index (χ1) is 7.59. The van der Waals surface area contributed by atoms with Gasteiger partial charge in [0.1, 0.15) is 0 Å².